The molecular formula is C13H19FN2O3S. The Kier molecular flexibility index (Phi) is 3.68. The summed E-state index contributed by atoms with van der Waals surface area (Å²) in [6.07, 6.45) is 1.99. The quantitative estimate of drug-likeness (QED) is 0.814. The Morgan fingerprint density at radius 2 is 2.00 bits per heavy atom. The van der Waals surface area contributed by atoms with Crippen molar-refractivity contribution < 1.29 is 17.5 Å². The second kappa shape index (κ2) is 4.89. The Morgan fingerprint density at radius 1 is 1.40 bits per heavy atom. The van der Waals surface area contributed by atoms with Crippen molar-refractivity contribution in [2.24, 2.45) is 5.92 Å². The molecule has 1 saturated carbocycles. The van der Waals surface area contributed by atoms with Crippen molar-refractivity contribution in [1.29, 1.82) is 0 Å². The van der Waals surface area contributed by atoms with E-state index in [0.717, 1.165) is 18.9 Å². The maximum absolute atomic E-state index is 13.7. The molecule has 0 heterocycles. The molecule has 0 aliphatic heterocycles. The van der Waals surface area contributed by atoms with Gasteiger partial charge in [0.05, 0.1) is 17.7 Å². The standard InChI is InChI=1S/C13H19FN2O3S/c1-13(2,8-4-5-8)16-20(17,18)9-6-10(14)12(19-3)11(15)7-9/h6-8,16H,4-5,15H2,1-3H3. The van der Waals surface area contributed by atoms with E-state index in [-0.39, 0.29) is 16.3 Å². The van der Waals surface area contributed by atoms with Crippen LogP contribution < -0.4 is 15.2 Å². The molecule has 112 valence electrons. The molecule has 1 fully saturated rings. The highest BCUT2D eigenvalue weighted by Crippen LogP contribution is 2.40. The molecule has 3 N–H and O–H groups in total. The highest BCUT2D eigenvalue weighted by molar-refractivity contribution is 7.89. The Balaban J connectivity index is 2.34. The number of ether oxygens (including phenoxy) is 1. The van der Waals surface area contributed by atoms with Gasteiger partial charge < -0.3 is 10.5 Å². The van der Waals surface area contributed by atoms with Crippen LogP contribution in [0.3, 0.4) is 0 Å². The van der Waals surface area contributed by atoms with Crippen molar-refractivity contribution in [2.45, 2.75) is 37.1 Å². The molecule has 20 heavy (non-hydrogen) atoms. The lowest BCUT2D eigenvalue weighted by Gasteiger charge is -2.26. The number of anilines is 1. The van der Waals surface area contributed by atoms with Crippen LogP contribution in [0, 0.1) is 11.7 Å². The summed E-state index contributed by atoms with van der Waals surface area (Å²) in [5.41, 5.74) is 5.01. The number of halogens is 1. The summed E-state index contributed by atoms with van der Waals surface area (Å²) in [6, 6.07) is 2.12. The van der Waals surface area contributed by atoms with Gasteiger partial charge in [-0.25, -0.2) is 17.5 Å². The second-order valence-electron chi connectivity index (χ2n) is 5.63. The van der Waals surface area contributed by atoms with Gasteiger partial charge in [-0.05, 0) is 44.7 Å². The van der Waals surface area contributed by atoms with Crippen molar-refractivity contribution in [2.75, 3.05) is 12.8 Å². The number of nitrogens with one attached hydrogen (secondary N) is 1. The van der Waals surface area contributed by atoms with Crippen LogP contribution in [0.5, 0.6) is 5.75 Å². The predicted molar refractivity (Wildman–Crippen MR) is 74.5 cm³/mol. The van der Waals surface area contributed by atoms with Crippen molar-refractivity contribution in [3.63, 3.8) is 0 Å². The lowest BCUT2D eigenvalue weighted by molar-refractivity contribution is 0.387. The summed E-state index contributed by atoms with van der Waals surface area (Å²) < 4.78 is 45.8. The van der Waals surface area contributed by atoms with Gasteiger partial charge in [0.1, 0.15) is 0 Å². The average Bonchev–Trinajstić information content (AvgIpc) is 3.10. The van der Waals surface area contributed by atoms with Crippen LogP contribution in [0.1, 0.15) is 26.7 Å². The first kappa shape index (κ1) is 15.1. The van der Waals surface area contributed by atoms with Gasteiger partial charge >= 0.3 is 0 Å². The van der Waals surface area contributed by atoms with E-state index in [2.05, 4.69) is 4.72 Å². The number of nitrogen functional groups attached to an aromatic ring is 1. The van der Waals surface area contributed by atoms with Crippen LogP contribution in [-0.2, 0) is 10.0 Å². The molecule has 1 aromatic rings. The number of benzene rings is 1. The zero-order valence-corrected chi connectivity index (χ0v) is 12.6. The fourth-order valence-electron chi connectivity index (χ4n) is 2.25. The molecule has 1 aromatic carbocycles. The first-order valence-corrected chi connectivity index (χ1v) is 7.82. The Hall–Kier alpha value is -1.34. The average molecular weight is 302 g/mol. The normalized spacial score (nSPS) is 16.2. The smallest absolute Gasteiger partial charge is 0.241 e. The number of rotatable bonds is 5. The van der Waals surface area contributed by atoms with Crippen molar-refractivity contribution >= 4 is 15.7 Å². The summed E-state index contributed by atoms with van der Waals surface area (Å²) >= 11 is 0. The Bertz CT molecular complexity index is 601. The molecule has 0 amide bonds. The molecule has 7 heteroatoms. The molecule has 0 unspecified atom stereocenters. The molecular weight excluding hydrogens is 283 g/mol. The molecule has 0 atom stereocenters. The molecule has 1 aliphatic rings. The van der Waals surface area contributed by atoms with Crippen molar-refractivity contribution in [3.05, 3.63) is 17.9 Å². The maximum atomic E-state index is 13.7. The van der Waals surface area contributed by atoms with Gasteiger partial charge in [0.2, 0.25) is 10.0 Å². The van der Waals surface area contributed by atoms with E-state index in [1.165, 1.54) is 13.2 Å². The third-order valence-corrected chi connectivity index (χ3v) is 5.21. The van der Waals surface area contributed by atoms with E-state index < -0.39 is 21.4 Å². The fourth-order valence-corrected chi connectivity index (χ4v) is 3.77. The van der Waals surface area contributed by atoms with Crippen LogP contribution in [0.25, 0.3) is 0 Å². The monoisotopic (exact) mass is 302 g/mol. The van der Waals surface area contributed by atoms with E-state index in [0.29, 0.717) is 5.92 Å². The fraction of sp³-hybridized carbons (Fsp3) is 0.538. The van der Waals surface area contributed by atoms with Crippen LogP contribution in [-0.4, -0.2) is 21.1 Å². The zero-order valence-electron chi connectivity index (χ0n) is 11.7. The minimum Gasteiger partial charge on any atom is -0.492 e. The van der Waals surface area contributed by atoms with E-state index in [4.69, 9.17) is 10.5 Å². The van der Waals surface area contributed by atoms with Gasteiger partial charge in [0.15, 0.2) is 11.6 Å². The van der Waals surface area contributed by atoms with Crippen LogP contribution in [0.4, 0.5) is 10.1 Å². The van der Waals surface area contributed by atoms with Crippen molar-refractivity contribution in [1.82, 2.24) is 4.72 Å². The predicted octanol–water partition coefficient (Wildman–Crippen LogP) is 1.88. The molecule has 0 saturated heterocycles. The van der Waals surface area contributed by atoms with E-state index in [1.807, 2.05) is 13.8 Å². The number of hydrogen-bond donors (Lipinski definition) is 2. The van der Waals surface area contributed by atoms with Crippen LogP contribution in [0.15, 0.2) is 17.0 Å². The lowest BCUT2D eigenvalue weighted by Crippen LogP contribution is -2.45. The molecule has 0 aromatic heterocycles. The minimum absolute atomic E-state index is 0.0443. The van der Waals surface area contributed by atoms with E-state index in [1.54, 1.807) is 0 Å². The molecule has 0 spiro atoms. The van der Waals surface area contributed by atoms with Gasteiger partial charge in [0, 0.05) is 5.54 Å². The molecule has 0 bridgehead atoms. The third-order valence-electron chi connectivity index (χ3n) is 3.56. The molecule has 2 rings (SSSR count). The zero-order chi connectivity index (χ0) is 15.1. The summed E-state index contributed by atoms with van der Waals surface area (Å²) in [5.74, 6) is -0.625. The highest BCUT2D eigenvalue weighted by Gasteiger charge is 2.40. The maximum Gasteiger partial charge on any atom is 0.241 e. The highest BCUT2D eigenvalue weighted by atomic mass is 32.2. The van der Waals surface area contributed by atoms with Gasteiger partial charge in [-0.2, -0.15) is 0 Å². The first-order chi connectivity index (χ1) is 9.17. The van der Waals surface area contributed by atoms with E-state index in [9.17, 15) is 12.8 Å². The third kappa shape index (κ3) is 2.88. The number of nitrogens with two attached hydrogens (primary N) is 1. The topological polar surface area (TPSA) is 81.4 Å². The van der Waals surface area contributed by atoms with Crippen LogP contribution in [0.2, 0.25) is 0 Å². The van der Waals surface area contributed by atoms with Gasteiger partial charge in [-0.1, -0.05) is 0 Å². The molecule has 0 radical (unpaired) electrons. The summed E-state index contributed by atoms with van der Waals surface area (Å²) in [7, 11) is -2.54. The summed E-state index contributed by atoms with van der Waals surface area (Å²) in [4.78, 5) is -0.193. The molecule has 5 nitrogen and oxygen atoms in total. The summed E-state index contributed by atoms with van der Waals surface area (Å²) in [5, 5.41) is 0. The Morgan fingerprint density at radius 3 is 2.45 bits per heavy atom. The van der Waals surface area contributed by atoms with Gasteiger partial charge in [-0.15, -0.1) is 0 Å². The minimum atomic E-state index is -3.82. The van der Waals surface area contributed by atoms with Crippen molar-refractivity contribution in [3.8, 4) is 5.75 Å². The summed E-state index contributed by atoms with van der Waals surface area (Å²) in [6.45, 7) is 3.65. The van der Waals surface area contributed by atoms with E-state index >= 15 is 0 Å². The number of methoxy groups -OCH3 is 1. The number of sulfonamides is 1. The Labute approximate surface area is 118 Å². The molecule has 1 aliphatic carbocycles. The lowest BCUT2D eigenvalue weighted by atomic mass is 10.0. The van der Waals surface area contributed by atoms with Gasteiger partial charge in [0.25, 0.3) is 0 Å². The SMILES string of the molecule is COc1c(N)cc(S(=O)(=O)NC(C)(C)C2CC2)cc1F. The number of hydrogen-bond acceptors (Lipinski definition) is 4. The van der Waals surface area contributed by atoms with Crippen LogP contribution >= 0.6 is 0 Å². The second-order valence-corrected chi connectivity index (χ2v) is 7.31. The first-order valence-electron chi connectivity index (χ1n) is 6.34. The largest absolute Gasteiger partial charge is 0.492 e. The van der Waals surface area contributed by atoms with Gasteiger partial charge in [-0.3, -0.25) is 0 Å².